The summed E-state index contributed by atoms with van der Waals surface area (Å²) < 4.78 is 17.2. The molecule has 8 heteroatoms. The van der Waals surface area contributed by atoms with Crippen molar-refractivity contribution in [2.75, 3.05) is 23.4 Å². The molecule has 1 aliphatic heterocycles. The lowest BCUT2D eigenvalue weighted by atomic mass is 10.0. The Hall–Kier alpha value is -5.11. The lowest BCUT2D eigenvalue weighted by molar-refractivity contribution is -0.151. The molecule has 4 aromatic rings. The van der Waals surface area contributed by atoms with Crippen LogP contribution in [0.25, 0.3) is 0 Å². The van der Waals surface area contributed by atoms with Crippen molar-refractivity contribution in [2.45, 2.75) is 33.1 Å². The summed E-state index contributed by atoms with van der Waals surface area (Å²) in [6, 6.07) is 29.6. The number of carbonyl (C=O) groups excluding carboxylic acids is 3. The fourth-order valence-electron chi connectivity index (χ4n) is 4.83. The number of nitrogens with one attached hydrogen (secondary N) is 1. The van der Waals surface area contributed by atoms with Gasteiger partial charge < -0.3 is 24.4 Å². The Balaban J connectivity index is 1.10. The van der Waals surface area contributed by atoms with Crippen LogP contribution >= 0.6 is 0 Å². The third-order valence-electron chi connectivity index (χ3n) is 7.09. The summed E-state index contributed by atoms with van der Waals surface area (Å²) in [5.74, 6) is 1.20. The number of nitrogens with zero attached hydrogens (tertiary/aromatic N) is 1. The lowest BCUT2D eigenvalue weighted by Crippen LogP contribution is -2.28. The zero-order valence-electron chi connectivity index (χ0n) is 24.4. The molecule has 1 aliphatic rings. The third-order valence-corrected chi connectivity index (χ3v) is 7.09. The van der Waals surface area contributed by atoms with E-state index in [1.54, 1.807) is 41.3 Å². The summed E-state index contributed by atoms with van der Waals surface area (Å²) in [6.45, 7) is 5.99. The van der Waals surface area contributed by atoms with E-state index >= 15 is 0 Å². The third kappa shape index (κ3) is 7.60. The maximum Gasteiger partial charge on any atom is 0.311 e. The van der Waals surface area contributed by atoms with Gasteiger partial charge in [0.1, 0.15) is 23.0 Å². The standard InChI is InChI=1S/C35H34N2O6/c1-23(2)31-18-9-24(3)19-32(31)43-30-16-12-27(13-17-30)37-21-25(20-34(37)39)35(40)41-22-33(38)36-26-10-14-29(15-11-26)42-28-7-5-4-6-8-28/h4-19,23,25H,20-22H2,1-3H3,(H,36,38)/t25-/m1/s1. The van der Waals surface area contributed by atoms with Crippen LogP contribution in [0.2, 0.25) is 0 Å². The van der Waals surface area contributed by atoms with Crippen molar-refractivity contribution in [2.24, 2.45) is 5.92 Å². The molecule has 0 spiro atoms. The van der Waals surface area contributed by atoms with E-state index < -0.39 is 24.4 Å². The summed E-state index contributed by atoms with van der Waals surface area (Å²) in [6.07, 6.45) is 0.0165. The average molecular weight is 579 g/mol. The highest BCUT2D eigenvalue weighted by Crippen LogP contribution is 2.33. The minimum absolute atomic E-state index is 0.0165. The first-order chi connectivity index (χ1) is 20.7. The smallest absolute Gasteiger partial charge is 0.311 e. The molecular weight excluding hydrogens is 544 g/mol. The van der Waals surface area contributed by atoms with Crippen molar-refractivity contribution in [3.05, 3.63) is 108 Å². The largest absolute Gasteiger partial charge is 0.457 e. The Morgan fingerprint density at radius 1 is 0.860 bits per heavy atom. The quantitative estimate of drug-likeness (QED) is 0.199. The van der Waals surface area contributed by atoms with Gasteiger partial charge in [-0.25, -0.2) is 0 Å². The number of hydrogen-bond donors (Lipinski definition) is 1. The molecule has 2 amide bonds. The molecule has 0 radical (unpaired) electrons. The van der Waals surface area contributed by atoms with E-state index in [0.717, 1.165) is 16.9 Å². The zero-order chi connectivity index (χ0) is 30.3. The number of benzene rings is 4. The van der Waals surface area contributed by atoms with Gasteiger partial charge in [0.05, 0.1) is 5.92 Å². The van der Waals surface area contributed by atoms with Crippen molar-refractivity contribution >= 4 is 29.2 Å². The second-order valence-electron chi connectivity index (χ2n) is 10.8. The van der Waals surface area contributed by atoms with E-state index in [2.05, 4.69) is 31.3 Å². The van der Waals surface area contributed by atoms with Gasteiger partial charge in [-0.1, -0.05) is 44.2 Å². The number of esters is 1. The number of anilines is 2. The molecule has 1 atom stereocenters. The van der Waals surface area contributed by atoms with E-state index in [1.807, 2.05) is 55.5 Å². The molecule has 0 saturated carbocycles. The van der Waals surface area contributed by atoms with Crippen LogP contribution in [0.1, 0.15) is 37.3 Å². The number of amides is 2. The molecule has 0 bridgehead atoms. The van der Waals surface area contributed by atoms with Crippen LogP contribution in [-0.4, -0.2) is 30.9 Å². The fraction of sp³-hybridized carbons (Fsp3) is 0.229. The van der Waals surface area contributed by atoms with Crippen LogP contribution in [0.3, 0.4) is 0 Å². The Labute approximate surface area is 251 Å². The Morgan fingerprint density at radius 3 is 2.21 bits per heavy atom. The Kier molecular flexibility index (Phi) is 9.05. The summed E-state index contributed by atoms with van der Waals surface area (Å²) in [5.41, 5.74) is 3.43. The average Bonchev–Trinajstić information content (AvgIpc) is 3.39. The molecule has 43 heavy (non-hydrogen) atoms. The maximum atomic E-state index is 12.7. The molecular formula is C35H34N2O6. The Bertz CT molecular complexity index is 1580. The number of rotatable bonds is 10. The molecule has 5 rings (SSSR count). The van der Waals surface area contributed by atoms with Gasteiger partial charge in [-0.3, -0.25) is 14.4 Å². The van der Waals surface area contributed by atoms with Crippen molar-refractivity contribution < 1.29 is 28.6 Å². The van der Waals surface area contributed by atoms with Crippen LogP contribution in [0.4, 0.5) is 11.4 Å². The summed E-state index contributed by atoms with van der Waals surface area (Å²) >= 11 is 0. The number of para-hydroxylation sites is 1. The number of ether oxygens (including phenoxy) is 3. The zero-order valence-corrected chi connectivity index (χ0v) is 24.4. The Morgan fingerprint density at radius 2 is 1.51 bits per heavy atom. The first-order valence-corrected chi connectivity index (χ1v) is 14.2. The van der Waals surface area contributed by atoms with Crippen molar-refractivity contribution in [3.63, 3.8) is 0 Å². The van der Waals surface area contributed by atoms with Gasteiger partial charge in [-0.15, -0.1) is 0 Å². The first-order valence-electron chi connectivity index (χ1n) is 14.2. The summed E-state index contributed by atoms with van der Waals surface area (Å²) in [7, 11) is 0. The van der Waals surface area contributed by atoms with Crippen LogP contribution in [0, 0.1) is 12.8 Å². The number of carbonyl (C=O) groups is 3. The number of aryl methyl sites for hydroxylation is 1. The molecule has 4 aromatic carbocycles. The highest BCUT2D eigenvalue weighted by molar-refractivity contribution is 6.00. The minimum Gasteiger partial charge on any atom is -0.457 e. The monoisotopic (exact) mass is 578 g/mol. The molecule has 220 valence electrons. The molecule has 1 heterocycles. The topological polar surface area (TPSA) is 94.2 Å². The van der Waals surface area contributed by atoms with Crippen LogP contribution in [0.15, 0.2) is 97.1 Å². The van der Waals surface area contributed by atoms with Gasteiger partial charge in [0.2, 0.25) is 5.91 Å². The van der Waals surface area contributed by atoms with E-state index in [4.69, 9.17) is 14.2 Å². The second kappa shape index (κ2) is 13.2. The normalized spacial score (nSPS) is 14.5. The molecule has 8 nitrogen and oxygen atoms in total. The molecule has 0 unspecified atom stereocenters. The van der Waals surface area contributed by atoms with Gasteiger partial charge in [0.25, 0.3) is 5.91 Å². The van der Waals surface area contributed by atoms with Crippen molar-refractivity contribution in [1.29, 1.82) is 0 Å². The molecule has 0 aromatic heterocycles. The van der Waals surface area contributed by atoms with Gasteiger partial charge in [0, 0.05) is 24.3 Å². The molecule has 1 saturated heterocycles. The van der Waals surface area contributed by atoms with Gasteiger partial charge in [-0.05, 0) is 90.7 Å². The minimum atomic E-state index is -0.661. The van der Waals surface area contributed by atoms with Gasteiger partial charge in [-0.2, -0.15) is 0 Å². The van der Waals surface area contributed by atoms with Crippen LogP contribution in [0.5, 0.6) is 23.0 Å². The summed E-state index contributed by atoms with van der Waals surface area (Å²) in [5, 5.41) is 2.70. The number of hydrogen-bond acceptors (Lipinski definition) is 6. The summed E-state index contributed by atoms with van der Waals surface area (Å²) in [4.78, 5) is 39.4. The molecule has 1 fully saturated rings. The van der Waals surface area contributed by atoms with Crippen LogP contribution < -0.4 is 19.7 Å². The predicted molar refractivity (Wildman–Crippen MR) is 165 cm³/mol. The van der Waals surface area contributed by atoms with E-state index in [-0.39, 0.29) is 18.9 Å². The highest BCUT2D eigenvalue weighted by atomic mass is 16.5. The van der Waals surface area contributed by atoms with E-state index in [9.17, 15) is 14.4 Å². The van der Waals surface area contributed by atoms with Crippen LogP contribution in [-0.2, 0) is 19.1 Å². The second-order valence-corrected chi connectivity index (χ2v) is 10.8. The highest BCUT2D eigenvalue weighted by Gasteiger charge is 2.36. The lowest BCUT2D eigenvalue weighted by Gasteiger charge is -2.18. The SMILES string of the molecule is Cc1ccc(C(C)C)c(Oc2ccc(N3C[C@H](C(=O)OCC(=O)Nc4ccc(Oc5ccccc5)cc4)CC3=O)cc2)c1. The van der Waals surface area contributed by atoms with Gasteiger partial charge >= 0.3 is 5.97 Å². The fourth-order valence-corrected chi connectivity index (χ4v) is 4.83. The first kappa shape index (κ1) is 29.4. The molecule has 1 N–H and O–H groups in total. The van der Waals surface area contributed by atoms with E-state index in [0.29, 0.717) is 34.5 Å². The van der Waals surface area contributed by atoms with Crippen molar-refractivity contribution in [1.82, 2.24) is 0 Å². The predicted octanol–water partition coefficient (Wildman–Crippen LogP) is 7.24. The van der Waals surface area contributed by atoms with Gasteiger partial charge in [0.15, 0.2) is 6.61 Å². The molecule has 0 aliphatic carbocycles. The van der Waals surface area contributed by atoms with Crippen molar-refractivity contribution in [3.8, 4) is 23.0 Å². The van der Waals surface area contributed by atoms with E-state index in [1.165, 1.54) is 0 Å². The maximum absolute atomic E-state index is 12.7.